The number of aliphatic hydroxyl groups excluding tert-OH is 1. The molecule has 0 spiro atoms. The van der Waals surface area contributed by atoms with E-state index < -0.39 is 97.5 Å². The van der Waals surface area contributed by atoms with Crippen LogP contribution < -0.4 is 0 Å². The zero-order valence-corrected chi connectivity index (χ0v) is 54.6. The Morgan fingerprint density at radius 3 is 0.927 bits per heavy atom. The maximum absolute atomic E-state index is 13.0. The van der Waals surface area contributed by atoms with Crippen molar-refractivity contribution in [2.45, 2.75) is 330 Å². The lowest BCUT2D eigenvalue weighted by atomic mass is 9.99. The van der Waals surface area contributed by atoms with Gasteiger partial charge in [0.2, 0.25) is 0 Å². The van der Waals surface area contributed by atoms with Crippen molar-refractivity contribution >= 4 is 39.5 Å². The predicted molar refractivity (Wildman–Crippen MR) is 326 cm³/mol. The molecule has 82 heavy (non-hydrogen) atoms. The number of unbranched alkanes of at least 4 members (excludes halogenated alkanes) is 31. The number of carbonyl (C=O) groups is 4. The Hall–Kier alpha value is -1.94. The maximum atomic E-state index is 13.0. The molecular formula is C63H122O17P2. The normalized spacial score (nSPS) is 14.7. The van der Waals surface area contributed by atoms with Gasteiger partial charge in [-0.2, -0.15) is 0 Å². The van der Waals surface area contributed by atoms with Crippen LogP contribution in [0.1, 0.15) is 311 Å². The Labute approximate surface area is 498 Å². The van der Waals surface area contributed by atoms with Gasteiger partial charge in [-0.05, 0) is 37.5 Å². The summed E-state index contributed by atoms with van der Waals surface area (Å²) in [5.41, 5.74) is 0. The second kappa shape index (κ2) is 55.6. The van der Waals surface area contributed by atoms with Gasteiger partial charge in [0.15, 0.2) is 12.2 Å². The number of esters is 4. The third kappa shape index (κ3) is 55.9. The summed E-state index contributed by atoms with van der Waals surface area (Å²) in [5, 5.41) is 10.5. The van der Waals surface area contributed by atoms with Crippen LogP contribution in [0.3, 0.4) is 0 Å². The number of phosphoric ester groups is 2. The van der Waals surface area contributed by atoms with Gasteiger partial charge in [-0.15, -0.1) is 0 Å². The topological polar surface area (TPSA) is 237 Å². The molecular weight excluding hydrogens is 1090 g/mol. The van der Waals surface area contributed by atoms with Crippen LogP contribution in [-0.2, 0) is 65.4 Å². The second-order valence-corrected chi connectivity index (χ2v) is 26.4. The number of carbonyl (C=O) groups excluding carboxylic acids is 4. The summed E-state index contributed by atoms with van der Waals surface area (Å²) < 4.78 is 67.7. The molecule has 0 aliphatic carbocycles. The van der Waals surface area contributed by atoms with Gasteiger partial charge in [0.05, 0.1) is 26.4 Å². The largest absolute Gasteiger partial charge is 0.472 e. The fraction of sp³-hybridized carbons (Fsp3) is 0.937. The monoisotopic (exact) mass is 1210 g/mol. The van der Waals surface area contributed by atoms with Gasteiger partial charge in [0.25, 0.3) is 0 Å². The van der Waals surface area contributed by atoms with Crippen molar-refractivity contribution in [3.05, 3.63) is 0 Å². The highest BCUT2D eigenvalue weighted by Gasteiger charge is 2.30. The van der Waals surface area contributed by atoms with E-state index in [2.05, 4.69) is 41.5 Å². The SMILES string of the molecule is CCCCCCCCCCCCCCCCCCC(=O)O[C@H](COC(=O)CCCCCCCCCCC(C)CC)COP(=O)(O)OC[C@@H](O)COP(=O)(O)OC[C@@H](COC(=O)CCCCCCC)OC(=O)CCCCCCCCC(C)C. The number of aliphatic hydroxyl groups is 1. The molecule has 17 nitrogen and oxygen atoms in total. The molecule has 0 bridgehead atoms. The van der Waals surface area contributed by atoms with Gasteiger partial charge < -0.3 is 33.8 Å². The van der Waals surface area contributed by atoms with Crippen molar-refractivity contribution in [3.8, 4) is 0 Å². The van der Waals surface area contributed by atoms with Crippen LogP contribution in [0, 0.1) is 11.8 Å². The highest BCUT2D eigenvalue weighted by molar-refractivity contribution is 7.47. The van der Waals surface area contributed by atoms with Crippen LogP contribution in [0.15, 0.2) is 0 Å². The first kappa shape index (κ1) is 80.1. The molecule has 0 aromatic carbocycles. The Kier molecular flexibility index (Phi) is 54.3. The van der Waals surface area contributed by atoms with E-state index in [1.54, 1.807) is 0 Å². The van der Waals surface area contributed by atoms with Crippen molar-refractivity contribution in [2.24, 2.45) is 11.8 Å². The first-order valence-electron chi connectivity index (χ1n) is 33.0. The molecule has 6 atom stereocenters. The van der Waals surface area contributed by atoms with E-state index in [1.165, 1.54) is 122 Å². The smallest absolute Gasteiger partial charge is 0.462 e. The summed E-state index contributed by atoms with van der Waals surface area (Å²) in [7, 11) is -9.88. The van der Waals surface area contributed by atoms with Gasteiger partial charge in [-0.3, -0.25) is 37.3 Å². The van der Waals surface area contributed by atoms with Crippen molar-refractivity contribution < 1.29 is 80.2 Å². The van der Waals surface area contributed by atoms with Gasteiger partial charge in [0.1, 0.15) is 19.3 Å². The average Bonchev–Trinajstić information content (AvgIpc) is 3.44. The summed E-state index contributed by atoms with van der Waals surface area (Å²) in [4.78, 5) is 71.9. The predicted octanol–water partition coefficient (Wildman–Crippen LogP) is 17.3. The standard InChI is InChI=1S/C63H122O17P2/c1-7-10-12-14-15-16-17-18-19-20-21-22-23-28-35-41-47-62(67)79-59(52-74-61(66)46-40-34-27-25-24-26-33-38-44-56(6)9-3)54-78-82(71,72)76-50-57(64)49-75-81(69,70)77-53-58(51-73-60(65)45-39-31-13-11-8-2)80-63(68)48-42-36-30-29-32-37-43-55(4)5/h55-59,64H,7-54H2,1-6H3,(H,69,70)(H,71,72)/t56?,57-,58+,59+/m0/s1. The Balaban J connectivity index is 5.17. The molecule has 0 saturated carbocycles. The molecule has 0 saturated heterocycles. The fourth-order valence-electron chi connectivity index (χ4n) is 9.32. The molecule has 0 fully saturated rings. The van der Waals surface area contributed by atoms with E-state index in [9.17, 15) is 43.2 Å². The number of rotatable bonds is 62. The summed E-state index contributed by atoms with van der Waals surface area (Å²) >= 11 is 0. The highest BCUT2D eigenvalue weighted by atomic mass is 31.2. The lowest BCUT2D eigenvalue weighted by molar-refractivity contribution is -0.161. The molecule has 0 aliphatic rings. The van der Waals surface area contributed by atoms with Crippen LogP contribution in [0.4, 0.5) is 0 Å². The number of hydrogen-bond acceptors (Lipinski definition) is 15. The Morgan fingerprint density at radius 1 is 0.354 bits per heavy atom. The van der Waals surface area contributed by atoms with E-state index >= 15 is 0 Å². The van der Waals surface area contributed by atoms with Crippen molar-refractivity contribution in [2.75, 3.05) is 39.6 Å². The lowest BCUT2D eigenvalue weighted by Gasteiger charge is -2.21. The molecule has 0 radical (unpaired) electrons. The van der Waals surface area contributed by atoms with E-state index in [0.717, 1.165) is 102 Å². The molecule has 19 heteroatoms. The maximum Gasteiger partial charge on any atom is 0.472 e. The summed E-state index contributed by atoms with van der Waals surface area (Å²) in [6.07, 6.45) is 38.1. The minimum Gasteiger partial charge on any atom is -0.462 e. The van der Waals surface area contributed by atoms with Crippen LogP contribution in [-0.4, -0.2) is 96.7 Å². The van der Waals surface area contributed by atoms with E-state index in [-0.39, 0.29) is 25.7 Å². The molecule has 0 aliphatic heterocycles. The minimum absolute atomic E-state index is 0.101. The minimum atomic E-state index is -4.94. The molecule has 0 heterocycles. The third-order valence-electron chi connectivity index (χ3n) is 14.8. The number of phosphoric acid groups is 2. The quantitative estimate of drug-likeness (QED) is 0.0222. The average molecular weight is 1210 g/mol. The van der Waals surface area contributed by atoms with E-state index in [4.69, 9.17) is 37.0 Å². The number of ether oxygens (including phenoxy) is 4. The lowest BCUT2D eigenvalue weighted by Crippen LogP contribution is -2.30. The van der Waals surface area contributed by atoms with Crippen LogP contribution in [0.5, 0.6) is 0 Å². The second-order valence-electron chi connectivity index (χ2n) is 23.5. The molecule has 486 valence electrons. The van der Waals surface area contributed by atoms with Gasteiger partial charge in [-0.1, -0.05) is 260 Å². The van der Waals surface area contributed by atoms with Gasteiger partial charge in [-0.25, -0.2) is 9.13 Å². The molecule has 3 unspecified atom stereocenters. The first-order valence-corrected chi connectivity index (χ1v) is 36.0. The summed E-state index contributed by atoms with van der Waals surface area (Å²) in [6, 6.07) is 0. The number of hydrogen-bond donors (Lipinski definition) is 3. The van der Waals surface area contributed by atoms with Gasteiger partial charge >= 0.3 is 39.5 Å². The molecule has 0 rings (SSSR count). The highest BCUT2D eigenvalue weighted by Crippen LogP contribution is 2.45. The Morgan fingerprint density at radius 2 is 0.622 bits per heavy atom. The van der Waals surface area contributed by atoms with Crippen LogP contribution in [0.25, 0.3) is 0 Å². The third-order valence-corrected chi connectivity index (χ3v) is 16.7. The fourth-order valence-corrected chi connectivity index (χ4v) is 10.9. The molecule has 0 amide bonds. The van der Waals surface area contributed by atoms with E-state index in [0.29, 0.717) is 31.6 Å². The van der Waals surface area contributed by atoms with Crippen LogP contribution in [0.2, 0.25) is 0 Å². The molecule has 0 aromatic rings. The van der Waals surface area contributed by atoms with Gasteiger partial charge in [0, 0.05) is 25.7 Å². The van der Waals surface area contributed by atoms with Crippen molar-refractivity contribution in [1.82, 2.24) is 0 Å². The zero-order valence-electron chi connectivity index (χ0n) is 52.8. The Bertz CT molecular complexity index is 1620. The van der Waals surface area contributed by atoms with Crippen molar-refractivity contribution in [1.29, 1.82) is 0 Å². The first-order chi connectivity index (χ1) is 39.4. The summed E-state index contributed by atoms with van der Waals surface area (Å²) in [6.45, 7) is 9.31. The molecule has 0 aromatic heterocycles. The zero-order chi connectivity index (χ0) is 60.8. The van der Waals surface area contributed by atoms with E-state index in [1.807, 2.05) is 0 Å². The van der Waals surface area contributed by atoms with Crippen molar-refractivity contribution in [3.63, 3.8) is 0 Å². The molecule has 3 N–H and O–H groups in total. The summed E-state index contributed by atoms with van der Waals surface area (Å²) in [5.74, 6) is -0.702. The van der Waals surface area contributed by atoms with Crippen LogP contribution >= 0.6 is 15.6 Å².